The first-order chi connectivity index (χ1) is 9.86. The molecule has 0 aromatic heterocycles. The van der Waals surface area contributed by atoms with Crippen molar-refractivity contribution in [2.45, 2.75) is 41.0 Å². The van der Waals surface area contributed by atoms with Crippen LogP contribution >= 0.6 is 0 Å². The lowest BCUT2D eigenvalue weighted by atomic mass is 9.96. The molecule has 2 rings (SSSR count). The van der Waals surface area contributed by atoms with Gasteiger partial charge in [-0.1, -0.05) is 30.3 Å². The standard InChI is InChI=1S/C20H25N/c1-13-9-16(4)20(17(5)10-13)12-18(6)21-19-8-7-14(2)15(3)11-19/h7-11,21H,6,12H2,1-5H3. The number of rotatable bonds is 4. The first-order valence-electron chi connectivity index (χ1n) is 7.45. The van der Waals surface area contributed by atoms with E-state index in [1.165, 1.54) is 33.4 Å². The van der Waals surface area contributed by atoms with Crippen molar-refractivity contribution in [3.8, 4) is 0 Å². The lowest BCUT2D eigenvalue weighted by Crippen LogP contribution is -2.05. The van der Waals surface area contributed by atoms with Crippen LogP contribution in [0.15, 0.2) is 42.6 Å². The smallest absolute Gasteiger partial charge is 0.0384 e. The van der Waals surface area contributed by atoms with Crippen LogP contribution in [0.25, 0.3) is 0 Å². The maximum Gasteiger partial charge on any atom is 0.0384 e. The van der Waals surface area contributed by atoms with Gasteiger partial charge in [-0.3, -0.25) is 0 Å². The quantitative estimate of drug-likeness (QED) is 0.790. The Balaban J connectivity index is 2.13. The molecule has 2 aromatic carbocycles. The van der Waals surface area contributed by atoms with Gasteiger partial charge in [0.15, 0.2) is 0 Å². The topological polar surface area (TPSA) is 12.0 Å². The Hall–Kier alpha value is -2.02. The minimum atomic E-state index is 0.866. The second-order valence-corrected chi connectivity index (χ2v) is 6.08. The highest BCUT2D eigenvalue weighted by atomic mass is 14.9. The molecule has 2 aromatic rings. The van der Waals surface area contributed by atoms with E-state index < -0.39 is 0 Å². The zero-order valence-electron chi connectivity index (χ0n) is 13.8. The van der Waals surface area contributed by atoms with Crippen molar-refractivity contribution in [3.63, 3.8) is 0 Å². The van der Waals surface area contributed by atoms with Crippen LogP contribution in [-0.2, 0) is 6.42 Å². The van der Waals surface area contributed by atoms with E-state index in [4.69, 9.17) is 0 Å². The molecule has 1 nitrogen and oxygen atoms in total. The van der Waals surface area contributed by atoms with Gasteiger partial charge in [0.25, 0.3) is 0 Å². The van der Waals surface area contributed by atoms with Crippen LogP contribution in [0.1, 0.15) is 33.4 Å². The van der Waals surface area contributed by atoms with Crippen LogP contribution in [-0.4, -0.2) is 0 Å². The lowest BCUT2D eigenvalue weighted by molar-refractivity contribution is 1.09. The van der Waals surface area contributed by atoms with E-state index in [0.717, 1.165) is 17.8 Å². The average molecular weight is 279 g/mol. The summed E-state index contributed by atoms with van der Waals surface area (Å²) in [7, 11) is 0. The first kappa shape index (κ1) is 15.4. The van der Waals surface area contributed by atoms with E-state index in [-0.39, 0.29) is 0 Å². The lowest BCUT2D eigenvalue weighted by Gasteiger charge is -2.15. The van der Waals surface area contributed by atoms with E-state index in [0.29, 0.717) is 0 Å². The van der Waals surface area contributed by atoms with Gasteiger partial charge in [-0.15, -0.1) is 0 Å². The maximum atomic E-state index is 4.19. The molecular formula is C20H25N. The summed E-state index contributed by atoms with van der Waals surface area (Å²) in [5, 5.41) is 3.43. The third-order valence-corrected chi connectivity index (χ3v) is 4.06. The van der Waals surface area contributed by atoms with Crippen LogP contribution < -0.4 is 5.32 Å². The van der Waals surface area contributed by atoms with Crippen LogP contribution in [0.2, 0.25) is 0 Å². The molecule has 110 valence electrons. The van der Waals surface area contributed by atoms with Gasteiger partial charge in [-0.25, -0.2) is 0 Å². The van der Waals surface area contributed by atoms with Gasteiger partial charge in [-0.05, 0) is 74.6 Å². The summed E-state index contributed by atoms with van der Waals surface area (Å²) in [4.78, 5) is 0. The van der Waals surface area contributed by atoms with Crippen molar-refractivity contribution < 1.29 is 0 Å². The highest BCUT2D eigenvalue weighted by molar-refractivity contribution is 5.52. The molecule has 0 saturated heterocycles. The highest BCUT2D eigenvalue weighted by Gasteiger charge is 2.06. The van der Waals surface area contributed by atoms with E-state index in [9.17, 15) is 0 Å². The Morgan fingerprint density at radius 2 is 1.48 bits per heavy atom. The van der Waals surface area contributed by atoms with Crippen molar-refractivity contribution in [1.82, 2.24) is 0 Å². The molecule has 0 aliphatic carbocycles. The monoisotopic (exact) mass is 279 g/mol. The number of allylic oxidation sites excluding steroid dienone is 1. The average Bonchev–Trinajstić information content (AvgIpc) is 2.38. The molecule has 0 amide bonds. The van der Waals surface area contributed by atoms with Crippen molar-refractivity contribution in [1.29, 1.82) is 0 Å². The first-order valence-corrected chi connectivity index (χ1v) is 7.45. The van der Waals surface area contributed by atoms with Crippen LogP contribution in [0.4, 0.5) is 5.69 Å². The van der Waals surface area contributed by atoms with Crippen LogP contribution in [0, 0.1) is 34.6 Å². The molecule has 0 spiro atoms. The van der Waals surface area contributed by atoms with Gasteiger partial charge in [0.05, 0.1) is 0 Å². The fourth-order valence-electron chi connectivity index (χ4n) is 2.77. The largest absolute Gasteiger partial charge is 0.359 e. The fraction of sp³-hybridized carbons (Fsp3) is 0.300. The molecule has 1 heteroatoms. The Morgan fingerprint density at radius 1 is 0.857 bits per heavy atom. The highest BCUT2D eigenvalue weighted by Crippen LogP contribution is 2.21. The Labute approximate surface area is 128 Å². The van der Waals surface area contributed by atoms with E-state index >= 15 is 0 Å². The zero-order chi connectivity index (χ0) is 15.6. The predicted molar refractivity (Wildman–Crippen MR) is 93.0 cm³/mol. The molecule has 0 aliphatic rings. The van der Waals surface area contributed by atoms with Gasteiger partial charge in [0.2, 0.25) is 0 Å². The predicted octanol–water partition coefficient (Wildman–Crippen LogP) is 5.40. The minimum Gasteiger partial charge on any atom is -0.359 e. The molecule has 0 aliphatic heterocycles. The van der Waals surface area contributed by atoms with Crippen LogP contribution in [0.5, 0.6) is 0 Å². The third-order valence-electron chi connectivity index (χ3n) is 4.06. The Kier molecular flexibility index (Phi) is 4.52. The number of hydrogen-bond donors (Lipinski definition) is 1. The van der Waals surface area contributed by atoms with Crippen molar-refractivity contribution in [2.75, 3.05) is 5.32 Å². The molecule has 0 unspecified atom stereocenters. The summed E-state index contributed by atoms with van der Waals surface area (Å²) < 4.78 is 0. The summed E-state index contributed by atoms with van der Waals surface area (Å²) in [5.74, 6) is 0. The van der Waals surface area contributed by atoms with Gasteiger partial charge < -0.3 is 5.32 Å². The van der Waals surface area contributed by atoms with Gasteiger partial charge in [-0.2, -0.15) is 0 Å². The number of anilines is 1. The maximum absolute atomic E-state index is 4.19. The number of hydrogen-bond acceptors (Lipinski definition) is 1. The molecular weight excluding hydrogens is 254 g/mol. The summed E-state index contributed by atoms with van der Waals surface area (Å²) in [6, 6.07) is 10.9. The second-order valence-electron chi connectivity index (χ2n) is 6.08. The summed E-state index contributed by atoms with van der Waals surface area (Å²) in [6.07, 6.45) is 0.866. The van der Waals surface area contributed by atoms with Crippen molar-refractivity contribution in [2.24, 2.45) is 0 Å². The van der Waals surface area contributed by atoms with Crippen LogP contribution in [0.3, 0.4) is 0 Å². The van der Waals surface area contributed by atoms with Gasteiger partial charge in [0, 0.05) is 17.8 Å². The molecule has 0 heterocycles. The number of aryl methyl sites for hydroxylation is 5. The van der Waals surface area contributed by atoms with Gasteiger partial charge >= 0.3 is 0 Å². The summed E-state index contributed by atoms with van der Waals surface area (Å²) >= 11 is 0. The summed E-state index contributed by atoms with van der Waals surface area (Å²) in [6.45, 7) is 15.0. The Morgan fingerprint density at radius 3 is 2.05 bits per heavy atom. The van der Waals surface area contributed by atoms with Crippen molar-refractivity contribution in [3.05, 3.63) is 76.0 Å². The Bertz CT molecular complexity index is 657. The van der Waals surface area contributed by atoms with E-state index in [1.807, 2.05) is 0 Å². The molecule has 0 atom stereocenters. The third kappa shape index (κ3) is 3.75. The fourth-order valence-corrected chi connectivity index (χ4v) is 2.77. The molecule has 0 saturated carbocycles. The minimum absolute atomic E-state index is 0.866. The van der Waals surface area contributed by atoms with E-state index in [1.54, 1.807) is 0 Å². The molecule has 1 N–H and O–H groups in total. The van der Waals surface area contributed by atoms with Crippen molar-refractivity contribution >= 4 is 5.69 Å². The summed E-state index contributed by atoms with van der Waals surface area (Å²) in [5.41, 5.74) is 10.2. The zero-order valence-corrected chi connectivity index (χ0v) is 13.8. The molecule has 21 heavy (non-hydrogen) atoms. The SMILES string of the molecule is C=C(Cc1c(C)cc(C)cc1C)Nc1ccc(C)c(C)c1. The normalized spacial score (nSPS) is 10.5. The van der Waals surface area contributed by atoms with E-state index in [2.05, 4.69) is 76.8 Å². The second kappa shape index (κ2) is 6.17. The molecule has 0 radical (unpaired) electrons. The molecule has 0 fully saturated rings. The van der Waals surface area contributed by atoms with Gasteiger partial charge in [0.1, 0.15) is 0 Å². The number of nitrogens with one attached hydrogen (secondary N) is 1. The molecule has 0 bridgehead atoms. The number of benzene rings is 2.